The average Bonchev–Trinajstić information content (AvgIpc) is 3.32. The van der Waals surface area contributed by atoms with E-state index in [0.717, 1.165) is 16.8 Å². The number of nitrogens with one attached hydrogen (secondary N) is 1. The van der Waals surface area contributed by atoms with Crippen LogP contribution in [-0.4, -0.2) is 33.2 Å². The lowest BCUT2D eigenvalue weighted by atomic mass is 10.1. The average molecular weight is 388 g/mol. The second-order valence-electron chi connectivity index (χ2n) is 7.06. The van der Waals surface area contributed by atoms with E-state index in [1.807, 2.05) is 30.3 Å². The summed E-state index contributed by atoms with van der Waals surface area (Å²) >= 11 is 0. The molecular formula is C20H21FN2O3S. The molecule has 4 rings (SSSR count). The molecule has 5 nitrogen and oxygen atoms in total. The summed E-state index contributed by atoms with van der Waals surface area (Å²) < 4.78 is 40.0. The third-order valence-corrected chi connectivity index (χ3v) is 7.01. The highest BCUT2D eigenvalue weighted by molar-refractivity contribution is 7.92. The van der Waals surface area contributed by atoms with E-state index in [1.54, 1.807) is 6.07 Å². The van der Waals surface area contributed by atoms with Crippen molar-refractivity contribution in [1.29, 1.82) is 0 Å². The lowest BCUT2D eigenvalue weighted by Gasteiger charge is -2.19. The molecule has 0 bridgehead atoms. The van der Waals surface area contributed by atoms with Crippen molar-refractivity contribution >= 4 is 21.6 Å². The largest absolute Gasteiger partial charge is 0.355 e. The summed E-state index contributed by atoms with van der Waals surface area (Å²) in [6.07, 6.45) is 1.38. The maximum atomic E-state index is 13.3. The van der Waals surface area contributed by atoms with Gasteiger partial charge in [-0.05, 0) is 48.1 Å². The number of carbonyl (C=O) groups excluding carboxylic acids is 1. The summed E-state index contributed by atoms with van der Waals surface area (Å²) in [5.74, 6) is -0.800. The molecule has 1 heterocycles. The third-order valence-electron chi connectivity index (χ3n) is 5.24. The predicted octanol–water partition coefficient (Wildman–Crippen LogP) is 2.44. The highest BCUT2D eigenvalue weighted by Crippen LogP contribution is 2.47. The molecule has 1 amide bonds. The van der Waals surface area contributed by atoms with Crippen molar-refractivity contribution < 1.29 is 17.6 Å². The summed E-state index contributed by atoms with van der Waals surface area (Å²) in [5, 5.41) is 2.72. The molecule has 2 aromatic rings. The molecule has 27 heavy (non-hydrogen) atoms. The fourth-order valence-corrected chi connectivity index (χ4v) is 5.16. The summed E-state index contributed by atoms with van der Waals surface area (Å²) in [5.41, 5.74) is 2.58. The lowest BCUT2D eigenvalue weighted by molar-refractivity contribution is -0.122. The van der Waals surface area contributed by atoms with E-state index < -0.39 is 10.0 Å². The molecule has 0 saturated heterocycles. The van der Waals surface area contributed by atoms with E-state index in [2.05, 4.69) is 5.32 Å². The second-order valence-corrected chi connectivity index (χ2v) is 9.07. The number of fused-ring (bicyclic) bond motifs is 1. The summed E-state index contributed by atoms with van der Waals surface area (Å²) in [4.78, 5) is 12.3. The zero-order chi connectivity index (χ0) is 19.0. The molecule has 0 aromatic heterocycles. The van der Waals surface area contributed by atoms with Gasteiger partial charge in [-0.1, -0.05) is 30.3 Å². The van der Waals surface area contributed by atoms with E-state index >= 15 is 0 Å². The van der Waals surface area contributed by atoms with Crippen molar-refractivity contribution in [2.24, 2.45) is 5.92 Å². The number of hydrogen-bond acceptors (Lipinski definition) is 3. The summed E-state index contributed by atoms with van der Waals surface area (Å²) in [6, 6.07) is 13.8. The van der Waals surface area contributed by atoms with Gasteiger partial charge in [0.2, 0.25) is 15.9 Å². The summed E-state index contributed by atoms with van der Waals surface area (Å²) in [6.45, 7) is 0.520. The molecule has 2 aliphatic rings. The molecule has 1 aliphatic carbocycles. The van der Waals surface area contributed by atoms with Gasteiger partial charge in [0.15, 0.2) is 0 Å². The maximum Gasteiger partial charge on any atom is 0.236 e. The number of anilines is 1. The molecule has 1 N–H and O–H groups in total. The van der Waals surface area contributed by atoms with Gasteiger partial charge >= 0.3 is 0 Å². The van der Waals surface area contributed by atoms with E-state index in [0.29, 0.717) is 19.4 Å². The Bertz CT molecular complexity index is 977. The molecule has 2 atom stereocenters. The van der Waals surface area contributed by atoms with Crippen LogP contribution in [0.3, 0.4) is 0 Å². The van der Waals surface area contributed by atoms with Crippen LogP contribution < -0.4 is 9.62 Å². The zero-order valence-corrected chi connectivity index (χ0v) is 15.6. The minimum Gasteiger partial charge on any atom is -0.355 e. The lowest BCUT2D eigenvalue weighted by Crippen LogP contribution is -2.37. The second kappa shape index (κ2) is 6.96. The number of hydrogen-bond donors (Lipinski definition) is 1. The molecule has 7 heteroatoms. The van der Waals surface area contributed by atoms with Crippen LogP contribution in [0.4, 0.5) is 10.1 Å². The monoisotopic (exact) mass is 388 g/mol. The molecule has 142 valence electrons. The Hall–Kier alpha value is -2.41. The highest BCUT2D eigenvalue weighted by atomic mass is 32.2. The Morgan fingerprint density at radius 3 is 2.81 bits per heavy atom. The van der Waals surface area contributed by atoms with Gasteiger partial charge < -0.3 is 5.32 Å². The Kier molecular flexibility index (Phi) is 4.63. The Labute approximate surface area is 158 Å². The number of rotatable bonds is 6. The third kappa shape index (κ3) is 3.69. The molecule has 0 spiro atoms. The first-order valence-corrected chi connectivity index (χ1v) is 10.7. The van der Waals surface area contributed by atoms with Crippen LogP contribution in [0, 0.1) is 11.7 Å². The van der Waals surface area contributed by atoms with Gasteiger partial charge in [-0.2, -0.15) is 0 Å². The minimum absolute atomic E-state index is 0.0165. The number of halogens is 1. The van der Waals surface area contributed by atoms with Crippen molar-refractivity contribution in [3.8, 4) is 0 Å². The topological polar surface area (TPSA) is 66.5 Å². The van der Waals surface area contributed by atoms with Crippen LogP contribution in [0.25, 0.3) is 0 Å². The van der Waals surface area contributed by atoms with E-state index in [4.69, 9.17) is 0 Å². The standard InChI is InChI=1S/C20H21FN2O3S/c21-16-6-3-5-15(12-16)17-13-18(17)20(24)22-9-11-27(25,26)23-10-8-14-4-1-2-7-19(14)23/h1-7,12,17-18H,8-11,13H2,(H,22,24)/t17-,18-/m1/s1. The van der Waals surface area contributed by atoms with Gasteiger partial charge in [0.05, 0.1) is 11.4 Å². The first kappa shape index (κ1) is 18.0. The first-order chi connectivity index (χ1) is 13.0. The van der Waals surface area contributed by atoms with E-state index in [-0.39, 0.29) is 35.9 Å². The highest BCUT2D eigenvalue weighted by Gasteiger charge is 2.44. The van der Waals surface area contributed by atoms with E-state index in [1.165, 1.54) is 16.4 Å². The molecular weight excluding hydrogens is 367 g/mol. The maximum absolute atomic E-state index is 13.3. The predicted molar refractivity (Wildman–Crippen MR) is 102 cm³/mol. The smallest absolute Gasteiger partial charge is 0.236 e. The van der Waals surface area contributed by atoms with Crippen LogP contribution in [-0.2, 0) is 21.2 Å². The number of amides is 1. The van der Waals surface area contributed by atoms with Crippen molar-refractivity contribution in [1.82, 2.24) is 5.32 Å². The quantitative estimate of drug-likeness (QED) is 0.827. The number of para-hydroxylation sites is 1. The zero-order valence-electron chi connectivity index (χ0n) is 14.8. The normalized spacial score (nSPS) is 21.0. The van der Waals surface area contributed by atoms with Gasteiger partial charge in [0.25, 0.3) is 0 Å². The van der Waals surface area contributed by atoms with Crippen LogP contribution in [0.1, 0.15) is 23.5 Å². The van der Waals surface area contributed by atoms with Gasteiger partial charge in [0, 0.05) is 19.0 Å². The Morgan fingerprint density at radius 1 is 1.19 bits per heavy atom. The van der Waals surface area contributed by atoms with Crippen molar-refractivity contribution in [3.63, 3.8) is 0 Å². The fraction of sp³-hybridized carbons (Fsp3) is 0.350. The number of benzene rings is 2. The van der Waals surface area contributed by atoms with Crippen molar-refractivity contribution in [3.05, 3.63) is 65.5 Å². The van der Waals surface area contributed by atoms with E-state index in [9.17, 15) is 17.6 Å². The SMILES string of the molecule is O=C(NCCS(=O)(=O)N1CCc2ccccc21)[C@@H]1C[C@@H]1c1cccc(F)c1. The van der Waals surface area contributed by atoms with Crippen LogP contribution >= 0.6 is 0 Å². The number of carbonyl (C=O) groups is 1. The van der Waals surface area contributed by atoms with Crippen LogP contribution in [0.5, 0.6) is 0 Å². The van der Waals surface area contributed by atoms with Gasteiger partial charge in [-0.25, -0.2) is 12.8 Å². The number of sulfonamides is 1. The molecule has 0 radical (unpaired) electrons. The van der Waals surface area contributed by atoms with Crippen molar-refractivity contribution in [2.75, 3.05) is 23.1 Å². The molecule has 1 fully saturated rings. The molecule has 0 unspecified atom stereocenters. The molecule has 1 aliphatic heterocycles. The van der Waals surface area contributed by atoms with Gasteiger partial charge in [-0.3, -0.25) is 9.10 Å². The molecule has 1 saturated carbocycles. The van der Waals surface area contributed by atoms with Crippen LogP contribution in [0.2, 0.25) is 0 Å². The van der Waals surface area contributed by atoms with Gasteiger partial charge in [0.1, 0.15) is 5.82 Å². The van der Waals surface area contributed by atoms with Crippen LogP contribution in [0.15, 0.2) is 48.5 Å². The number of nitrogens with zero attached hydrogens (tertiary/aromatic N) is 1. The summed E-state index contributed by atoms with van der Waals surface area (Å²) in [7, 11) is -3.48. The minimum atomic E-state index is -3.48. The van der Waals surface area contributed by atoms with Crippen molar-refractivity contribution in [2.45, 2.75) is 18.8 Å². The van der Waals surface area contributed by atoms with Gasteiger partial charge in [-0.15, -0.1) is 0 Å². The fourth-order valence-electron chi connectivity index (χ4n) is 3.73. The first-order valence-electron chi connectivity index (χ1n) is 9.07. The molecule has 2 aromatic carbocycles. The Morgan fingerprint density at radius 2 is 2.00 bits per heavy atom. The Balaban J connectivity index is 1.31.